The number of aromatic nitrogens is 5. The Morgan fingerprint density at radius 3 is 2.85 bits per heavy atom. The van der Waals surface area contributed by atoms with Crippen molar-refractivity contribution in [3.8, 4) is 0 Å². The first-order valence-corrected chi connectivity index (χ1v) is 6.85. The van der Waals surface area contributed by atoms with E-state index in [1.165, 1.54) is 0 Å². The van der Waals surface area contributed by atoms with E-state index in [0.717, 1.165) is 36.0 Å². The van der Waals surface area contributed by atoms with Gasteiger partial charge in [-0.2, -0.15) is 5.10 Å². The Labute approximate surface area is 117 Å². The molecule has 20 heavy (non-hydrogen) atoms. The van der Waals surface area contributed by atoms with Crippen molar-refractivity contribution in [2.45, 2.75) is 44.7 Å². The van der Waals surface area contributed by atoms with Crippen molar-refractivity contribution in [3.05, 3.63) is 29.7 Å². The van der Waals surface area contributed by atoms with Crippen LogP contribution >= 0.6 is 0 Å². The van der Waals surface area contributed by atoms with Gasteiger partial charge in [-0.3, -0.25) is 5.10 Å². The predicted octanol–water partition coefficient (Wildman–Crippen LogP) is 1.28. The van der Waals surface area contributed by atoms with E-state index < -0.39 is 0 Å². The van der Waals surface area contributed by atoms with Gasteiger partial charge in [-0.25, -0.2) is 15.0 Å². The van der Waals surface area contributed by atoms with E-state index in [1.54, 1.807) is 6.33 Å². The molecule has 0 bridgehead atoms. The van der Waals surface area contributed by atoms with Crippen LogP contribution in [0.2, 0.25) is 0 Å². The standard InChI is InChI=1S/C13H19N7/c1-7(13-18-8(2)19-20-13)17-12-5-11(15-6-16-12)9-3-10(14)4-9/h5-7,9-10H,3-4,14H2,1-2H3,(H,15,16,17)(H,18,19,20)/t7-,9?,10?/m0/s1. The topological polar surface area (TPSA) is 105 Å². The molecular weight excluding hydrogens is 254 g/mol. The molecule has 1 atom stereocenters. The zero-order valence-corrected chi connectivity index (χ0v) is 11.7. The van der Waals surface area contributed by atoms with Crippen LogP contribution in [-0.4, -0.2) is 31.2 Å². The number of hydrogen-bond donors (Lipinski definition) is 3. The van der Waals surface area contributed by atoms with Crippen LogP contribution in [-0.2, 0) is 0 Å². The van der Waals surface area contributed by atoms with Crippen molar-refractivity contribution in [2.24, 2.45) is 5.73 Å². The van der Waals surface area contributed by atoms with Crippen LogP contribution in [0.3, 0.4) is 0 Å². The monoisotopic (exact) mass is 273 g/mol. The Balaban J connectivity index is 1.69. The van der Waals surface area contributed by atoms with Gasteiger partial charge >= 0.3 is 0 Å². The Hall–Kier alpha value is -2.02. The van der Waals surface area contributed by atoms with E-state index in [-0.39, 0.29) is 6.04 Å². The van der Waals surface area contributed by atoms with Gasteiger partial charge in [-0.1, -0.05) is 0 Å². The molecule has 1 fully saturated rings. The van der Waals surface area contributed by atoms with Crippen molar-refractivity contribution in [1.29, 1.82) is 0 Å². The smallest absolute Gasteiger partial charge is 0.172 e. The van der Waals surface area contributed by atoms with Gasteiger partial charge in [0.05, 0.1) is 6.04 Å². The third-order valence-corrected chi connectivity index (χ3v) is 3.65. The summed E-state index contributed by atoms with van der Waals surface area (Å²) in [7, 11) is 0. The molecule has 7 nitrogen and oxygen atoms in total. The lowest BCUT2D eigenvalue weighted by molar-refractivity contribution is 0.345. The van der Waals surface area contributed by atoms with Gasteiger partial charge in [0, 0.05) is 23.7 Å². The zero-order chi connectivity index (χ0) is 14.1. The molecule has 0 saturated heterocycles. The summed E-state index contributed by atoms with van der Waals surface area (Å²) >= 11 is 0. The average Bonchev–Trinajstić information content (AvgIpc) is 2.82. The summed E-state index contributed by atoms with van der Waals surface area (Å²) in [6.07, 6.45) is 3.61. The second-order valence-corrected chi connectivity index (χ2v) is 5.40. The van der Waals surface area contributed by atoms with Gasteiger partial charge in [0.2, 0.25) is 0 Å². The first-order chi connectivity index (χ1) is 9.61. The van der Waals surface area contributed by atoms with E-state index in [4.69, 9.17) is 5.73 Å². The molecule has 0 radical (unpaired) electrons. The molecule has 2 aromatic heterocycles. The van der Waals surface area contributed by atoms with E-state index >= 15 is 0 Å². The number of anilines is 1. The minimum Gasteiger partial charge on any atom is -0.360 e. The number of hydrogen-bond acceptors (Lipinski definition) is 6. The highest BCUT2D eigenvalue weighted by Gasteiger charge is 2.28. The fourth-order valence-electron chi connectivity index (χ4n) is 2.42. The molecule has 106 valence electrons. The van der Waals surface area contributed by atoms with Crippen molar-refractivity contribution < 1.29 is 0 Å². The molecule has 0 aliphatic heterocycles. The Morgan fingerprint density at radius 2 is 2.20 bits per heavy atom. The molecule has 2 aromatic rings. The van der Waals surface area contributed by atoms with Crippen LogP contribution in [0.5, 0.6) is 0 Å². The summed E-state index contributed by atoms with van der Waals surface area (Å²) in [4.78, 5) is 12.9. The van der Waals surface area contributed by atoms with E-state index in [0.29, 0.717) is 12.0 Å². The Bertz CT molecular complexity index is 588. The quantitative estimate of drug-likeness (QED) is 0.775. The number of nitrogens with zero attached hydrogens (tertiary/aromatic N) is 4. The normalized spacial score (nSPS) is 23.1. The van der Waals surface area contributed by atoms with E-state index in [1.807, 2.05) is 19.9 Å². The minimum absolute atomic E-state index is 0.00801. The van der Waals surface area contributed by atoms with Crippen molar-refractivity contribution in [3.63, 3.8) is 0 Å². The fourth-order valence-corrected chi connectivity index (χ4v) is 2.42. The number of aromatic amines is 1. The highest BCUT2D eigenvalue weighted by atomic mass is 15.2. The lowest BCUT2D eigenvalue weighted by Crippen LogP contribution is -2.35. The molecule has 0 unspecified atom stereocenters. The van der Waals surface area contributed by atoms with Crippen LogP contribution < -0.4 is 11.1 Å². The van der Waals surface area contributed by atoms with Crippen molar-refractivity contribution >= 4 is 5.82 Å². The summed E-state index contributed by atoms with van der Waals surface area (Å²) < 4.78 is 0. The van der Waals surface area contributed by atoms with Crippen LogP contribution in [0.4, 0.5) is 5.82 Å². The minimum atomic E-state index is -0.00801. The van der Waals surface area contributed by atoms with Gasteiger partial charge in [-0.15, -0.1) is 0 Å². The van der Waals surface area contributed by atoms with Crippen LogP contribution in [0.25, 0.3) is 0 Å². The van der Waals surface area contributed by atoms with E-state index in [9.17, 15) is 0 Å². The lowest BCUT2D eigenvalue weighted by atomic mass is 9.78. The summed E-state index contributed by atoms with van der Waals surface area (Å²) in [5.74, 6) is 2.80. The predicted molar refractivity (Wildman–Crippen MR) is 75.1 cm³/mol. The first kappa shape index (κ1) is 13.0. The third-order valence-electron chi connectivity index (χ3n) is 3.65. The number of rotatable bonds is 4. The molecule has 1 saturated carbocycles. The lowest BCUT2D eigenvalue weighted by Gasteiger charge is -2.31. The molecule has 1 aliphatic rings. The summed E-state index contributed by atoms with van der Waals surface area (Å²) in [5.41, 5.74) is 6.88. The van der Waals surface area contributed by atoms with E-state index in [2.05, 4.69) is 30.5 Å². The molecule has 0 amide bonds. The molecule has 3 rings (SSSR count). The molecule has 7 heteroatoms. The first-order valence-electron chi connectivity index (χ1n) is 6.85. The molecule has 1 aliphatic carbocycles. The largest absolute Gasteiger partial charge is 0.360 e. The number of aryl methyl sites for hydroxylation is 1. The Morgan fingerprint density at radius 1 is 1.40 bits per heavy atom. The molecular formula is C13H19N7. The van der Waals surface area contributed by atoms with Gasteiger partial charge < -0.3 is 11.1 Å². The summed E-state index contributed by atoms with van der Waals surface area (Å²) in [6.45, 7) is 3.88. The zero-order valence-electron chi connectivity index (χ0n) is 11.7. The SMILES string of the molecule is Cc1nc([C@H](C)Nc2cc(C3CC(N)C3)ncn2)n[nH]1. The van der Waals surface area contributed by atoms with Gasteiger partial charge in [0.25, 0.3) is 0 Å². The maximum Gasteiger partial charge on any atom is 0.172 e. The highest BCUT2D eigenvalue weighted by Crippen LogP contribution is 2.35. The highest BCUT2D eigenvalue weighted by molar-refractivity contribution is 5.38. The van der Waals surface area contributed by atoms with Gasteiger partial charge in [0.1, 0.15) is 18.0 Å². The maximum atomic E-state index is 5.82. The second kappa shape index (κ2) is 5.16. The average molecular weight is 273 g/mol. The number of nitrogens with one attached hydrogen (secondary N) is 2. The number of nitrogens with two attached hydrogens (primary N) is 1. The van der Waals surface area contributed by atoms with Crippen LogP contribution in [0.15, 0.2) is 12.4 Å². The molecule has 0 spiro atoms. The second-order valence-electron chi connectivity index (χ2n) is 5.40. The van der Waals surface area contributed by atoms with Crippen molar-refractivity contribution in [1.82, 2.24) is 25.1 Å². The van der Waals surface area contributed by atoms with Crippen LogP contribution in [0, 0.1) is 6.92 Å². The van der Waals surface area contributed by atoms with Crippen LogP contribution in [0.1, 0.15) is 49.1 Å². The third kappa shape index (κ3) is 2.62. The molecule has 4 N–H and O–H groups in total. The van der Waals surface area contributed by atoms with Gasteiger partial charge in [0.15, 0.2) is 5.82 Å². The summed E-state index contributed by atoms with van der Waals surface area (Å²) in [5, 5.41) is 10.3. The molecule has 0 aromatic carbocycles. The summed E-state index contributed by atoms with van der Waals surface area (Å²) in [6, 6.07) is 2.31. The number of H-pyrrole nitrogens is 1. The molecule has 2 heterocycles. The Kier molecular flexibility index (Phi) is 3.35. The van der Waals surface area contributed by atoms with Crippen molar-refractivity contribution in [2.75, 3.05) is 5.32 Å². The van der Waals surface area contributed by atoms with Gasteiger partial charge in [-0.05, 0) is 26.7 Å². The maximum absolute atomic E-state index is 5.82. The fraction of sp³-hybridized carbons (Fsp3) is 0.538.